The Hall–Kier alpha value is -0.570. The molecule has 1 aliphatic carbocycles. The number of hydrogen-bond acceptors (Lipinski definition) is 2. The SMILES string of the molecule is C[C@H](O)CNC(=O)CC1CC1. The third-order valence-electron chi connectivity index (χ3n) is 1.77. The van der Waals surface area contributed by atoms with E-state index in [0.717, 1.165) is 0 Å². The molecule has 11 heavy (non-hydrogen) atoms. The minimum Gasteiger partial charge on any atom is -0.392 e. The molecule has 1 saturated carbocycles. The predicted octanol–water partition coefficient (Wildman–Crippen LogP) is 0.283. The third-order valence-corrected chi connectivity index (χ3v) is 1.77. The molecule has 1 aliphatic rings. The highest BCUT2D eigenvalue weighted by molar-refractivity contribution is 5.76. The van der Waals surface area contributed by atoms with Crippen LogP contribution in [0.3, 0.4) is 0 Å². The number of carbonyl (C=O) groups is 1. The maximum absolute atomic E-state index is 11.0. The first-order valence-electron chi connectivity index (χ1n) is 4.13. The van der Waals surface area contributed by atoms with E-state index in [2.05, 4.69) is 5.32 Å². The molecule has 0 aromatic carbocycles. The van der Waals surface area contributed by atoms with Crippen LogP contribution in [0.5, 0.6) is 0 Å². The van der Waals surface area contributed by atoms with E-state index in [9.17, 15) is 4.79 Å². The van der Waals surface area contributed by atoms with Gasteiger partial charge in [-0.25, -0.2) is 0 Å². The summed E-state index contributed by atoms with van der Waals surface area (Å²) in [6, 6.07) is 0. The second kappa shape index (κ2) is 3.72. The third kappa shape index (κ3) is 3.98. The minimum absolute atomic E-state index is 0.0772. The fraction of sp³-hybridized carbons (Fsp3) is 0.875. The normalized spacial score (nSPS) is 19.5. The van der Waals surface area contributed by atoms with Crippen LogP contribution in [0, 0.1) is 5.92 Å². The van der Waals surface area contributed by atoms with Gasteiger partial charge < -0.3 is 10.4 Å². The maximum atomic E-state index is 11.0. The molecule has 2 N–H and O–H groups in total. The van der Waals surface area contributed by atoms with Crippen LogP contribution in [0.1, 0.15) is 26.2 Å². The van der Waals surface area contributed by atoms with Crippen LogP contribution < -0.4 is 5.32 Å². The first kappa shape index (κ1) is 8.53. The van der Waals surface area contributed by atoms with Gasteiger partial charge in [-0.3, -0.25) is 4.79 Å². The molecule has 64 valence electrons. The Kier molecular flexibility index (Phi) is 2.88. The molecule has 0 heterocycles. The van der Waals surface area contributed by atoms with Gasteiger partial charge in [0.25, 0.3) is 0 Å². The molecule has 1 rings (SSSR count). The number of hydrogen-bond donors (Lipinski definition) is 2. The average molecular weight is 157 g/mol. The largest absolute Gasteiger partial charge is 0.392 e. The zero-order chi connectivity index (χ0) is 8.27. The standard InChI is InChI=1S/C8H15NO2/c1-6(10)5-9-8(11)4-7-2-3-7/h6-7,10H,2-5H2,1H3,(H,9,11)/t6-/m0/s1. The highest BCUT2D eigenvalue weighted by Crippen LogP contribution is 2.31. The number of aliphatic hydroxyl groups excluding tert-OH is 1. The van der Waals surface area contributed by atoms with Crippen LogP contribution in [-0.2, 0) is 4.79 Å². The first-order valence-corrected chi connectivity index (χ1v) is 4.13. The fourth-order valence-electron chi connectivity index (χ4n) is 0.918. The lowest BCUT2D eigenvalue weighted by molar-refractivity contribution is -0.121. The van der Waals surface area contributed by atoms with Crippen LogP contribution in [-0.4, -0.2) is 23.7 Å². The van der Waals surface area contributed by atoms with E-state index in [0.29, 0.717) is 18.9 Å². The molecule has 1 amide bonds. The molecule has 0 aliphatic heterocycles. The molecular weight excluding hydrogens is 142 g/mol. The van der Waals surface area contributed by atoms with E-state index in [1.54, 1.807) is 6.92 Å². The number of carbonyl (C=O) groups excluding carboxylic acids is 1. The Morgan fingerprint density at radius 1 is 1.73 bits per heavy atom. The van der Waals surface area contributed by atoms with Crippen molar-refractivity contribution in [2.24, 2.45) is 5.92 Å². The predicted molar refractivity (Wildman–Crippen MR) is 42.0 cm³/mol. The lowest BCUT2D eigenvalue weighted by atomic mass is 10.3. The smallest absolute Gasteiger partial charge is 0.220 e. The summed E-state index contributed by atoms with van der Waals surface area (Å²) in [7, 11) is 0. The molecule has 0 bridgehead atoms. The summed E-state index contributed by atoms with van der Waals surface area (Å²) in [6.07, 6.45) is 2.61. The van der Waals surface area contributed by atoms with Gasteiger partial charge in [0.2, 0.25) is 5.91 Å². The van der Waals surface area contributed by atoms with Crippen molar-refractivity contribution >= 4 is 5.91 Å². The van der Waals surface area contributed by atoms with Crippen LogP contribution in [0.4, 0.5) is 0 Å². The molecule has 0 saturated heterocycles. The Morgan fingerprint density at radius 3 is 2.82 bits per heavy atom. The van der Waals surface area contributed by atoms with E-state index < -0.39 is 6.10 Å². The Balaban J connectivity index is 2.00. The van der Waals surface area contributed by atoms with Crippen molar-refractivity contribution in [1.29, 1.82) is 0 Å². The summed E-state index contributed by atoms with van der Waals surface area (Å²) in [5.41, 5.74) is 0. The Bertz CT molecular complexity index is 141. The van der Waals surface area contributed by atoms with E-state index in [1.807, 2.05) is 0 Å². The summed E-state index contributed by atoms with van der Waals surface area (Å²) in [5, 5.41) is 11.5. The van der Waals surface area contributed by atoms with Gasteiger partial charge in [0.05, 0.1) is 6.10 Å². The number of aliphatic hydroxyl groups is 1. The van der Waals surface area contributed by atoms with Crippen molar-refractivity contribution in [1.82, 2.24) is 5.32 Å². The van der Waals surface area contributed by atoms with Crippen molar-refractivity contribution in [2.45, 2.75) is 32.3 Å². The second-order valence-corrected chi connectivity index (χ2v) is 3.30. The van der Waals surface area contributed by atoms with Gasteiger partial charge >= 0.3 is 0 Å². The van der Waals surface area contributed by atoms with Crippen molar-refractivity contribution in [3.05, 3.63) is 0 Å². The lowest BCUT2D eigenvalue weighted by Crippen LogP contribution is -2.30. The van der Waals surface area contributed by atoms with Gasteiger partial charge in [-0.15, -0.1) is 0 Å². The molecular formula is C8H15NO2. The van der Waals surface area contributed by atoms with Gasteiger partial charge in [-0.1, -0.05) is 0 Å². The van der Waals surface area contributed by atoms with Crippen molar-refractivity contribution in [3.63, 3.8) is 0 Å². The van der Waals surface area contributed by atoms with Crippen molar-refractivity contribution in [3.8, 4) is 0 Å². The highest BCUT2D eigenvalue weighted by atomic mass is 16.3. The molecule has 0 unspecified atom stereocenters. The second-order valence-electron chi connectivity index (χ2n) is 3.30. The Morgan fingerprint density at radius 2 is 2.36 bits per heavy atom. The van der Waals surface area contributed by atoms with E-state index in [4.69, 9.17) is 5.11 Å². The summed E-state index contributed by atoms with van der Waals surface area (Å²) in [6.45, 7) is 2.04. The van der Waals surface area contributed by atoms with Crippen LogP contribution in [0.15, 0.2) is 0 Å². The maximum Gasteiger partial charge on any atom is 0.220 e. The zero-order valence-electron chi connectivity index (χ0n) is 6.84. The van der Waals surface area contributed by atoms with Crippen LogP contribution >= 0.6 is 0 Å². The summed E-state index contributed by atoms with van der Waals surface area (Å²) < 4.78 is 0. The van der Waals surface area contributed by atoms with E-state index >= 15 is 0 Å². The van der Waals surface area contributed by atoms with Gasteiger partial charge in [-0.2, -0.15) is 0 Å². The molecule has 0 spiro atoms. The molecule has 1 fully saturated rings. The number of nitrogens with one attached hydrogen (secondary N) is 1. The van der Waals surface area contributed by atoms with Crippen LogP contribution in [0.2, 0.25) is 0 Å². The van der Waals surface area contributed by atoms with Crippen LogP contribution in [0.25, 0.3) is 0 Å². The zero-order valence-corrected chi connectivity index (χ0v) is 6.84. The summed E-state index contributed by atoms with van der Waals surface area (Å²) in [5.74, 6) is 0.706. The molecule has 3 heteroatoms. The molecule has 0 radical (unpaired) electrons. The van der Waals surface area contributed by atoms with Crippen molar-refractivity contribution in [2.75, 3.05) is 6.54 Å². The topological polar surface area (TPSA) is 49.3 Å². The van der Waals surface area contributed by atoms with E-state index in [-0.39, 0.29) is 5.91 Å². The lowest BCUT2D eigenvalue weighted by Gasteiger charge is -2.05. The van der Waals surface area contributed by atoms with Gasteiger partial charge in [0, 0.05) is 13.0 Å². The number of rotatable bonds is 4. The monoisotopic (exact) mass is 157 g/mol. The van der Waals surface area contributed by atoms with E-state index in [1.165, 1.54) is 12.8 Å². The van der Waals surface area contributed by atoms with Crippen molar-refractivity contribution < 1.29 is 9.90 Å². The molecule has 3 nitrogen and oxygen atoms in total. The minimum atomic E-state index is -0.432. The summed E-state index contributed by atoms with van der Waals surface area (Å²) in [4.78, 5) is 11.0. The van der Waals surface area contributed by atoms with Gasteiger partial charge in [0.15, 0.2) is 0 Å². The molecule has 0 aromatic heterocycles. The average Bonchev–Trinajstić information content (AvgIpc) is 2.67. The van der Waals surface area contributed by atoms with Gasteiger partial charge in [-0.05, 0) is 25.7 Å². The Labute approximate surface area is 66.8 Å². The molecule has 0 aromatic rings. The summed E-state index contributed by atoms with van der Waals surface area (Å²) >= 11 is 0. The van der Waals surface area contributed by atoms with Gasteiger partial charge in [0.1, 0.15) is 0 Å². The first-order chi connectivity index (χ1) is 5.18. The molecule has 1 atom stereocenters. The quantitative estimate of drug-likeness (QED) is 0.616. The number of amides is 1. The highest BCUT2D eigenvalue weighted by Gasteiger charge is 2.24. The fourth-order valence-corrected chi connectivity index (χ4v) is 0.918.